The second kappa shape index (κ2) is 8.86. The molecule has 0 radical (unpaired) electrons. The fourth-order valence-corrected chi connectivity index (χ4v) is 1.86. The van der Waals surface area contributed by atoms with Gasteiger partial charge in [0.25, 0.3) is 5.91 Å². The van der Waals surface area contributed by atoms with Gasteiger partial charge in [-0.3, -0.25) is 9.59 Å². The van der Waals surface area contributed by atoms with Gasteiger partial charge in [-0.05, 0) is 67.1 Å². The van der Waals surface area contributed by atoms with Crippen LogP contribution in [-0.2, 0) is 9.59 Å². The van der Waals surface area contributed by atoms with E-state index in [4.69, 9.17) is 4.74 Å². The summed E-state index contributed by atoms with van der Waals surface area (Å²) in [6, 6.07) is 6.92. The average Bonchev–Trinajstić information content (AvgIpc) is 2.46. The van der Waals surface area contributed by atoms with Crippen molar-refractivity contribution in [3.05, 3.63) is 27.8 Å². The molecule has 116 valence electrons. The minimum Gasteiger partial charge on any atom is -0.484 e. The molecule has 0 aliphatic carbocycles. The van der Waals surface area contributed by atoms with Crippen LogP contribution in [0.15, 0.2) is 24.3 Å². The van der Waals surface area contributed by atoms with Gasteiger partial charge < -0.3 is 15.4 Å². The third-order valence-corrected chi connectivity index (χ3v) is 3.67. The monoisotopic (exact) mass is 404 g/mol. The highest BCUT2D eigenvalue weighted by Gasteiger charge is 2.16. The van der Waals surface area contributed by atoms with Crippen LogP contribution < -0.4 is 15.4 Å². The highest BCUT2D eigenvalue weighted by Crippen LogP contribution is 2.13. The van der Waals surface area contributed by atoms with E-state index in [1.165, 1.54) is 0 Å². The molecule has 0 saturated carbocycles. The van der Waals surface area contributed by atoms with Crippen molar-refractivity contribution in [3.63, 3.8) is 0 Å². The maximum Gasteiger partial charge on any atom is 0.258 e. The molecular weight excluding hydrogens is 383 g/mol. The van der Waals surface area contributed by atoms with Crippen LogP contribution in [0.2, 0.25) is 0 Å². The van der Waals surface area contributed by atoms with Gasteiger partial charge in [0.05, 0.1) is 0 Å². The molecule has 0 bridgehead atoms. The van der Waals surface area contributed by atoms with Crippen molar-refractivity contribution in [3.8, 4) is 5.75 Å². The minimum atomic E-state index is -0.577. The molecule has 5 nitrogen and oxygen atoms in total. The lowest BCUT2D eigenvalue weighted by atomic mass is 10.2. The topological polar surface area (TPSA) is 67.4 Å². The Kier molecular flexibility index (Phi) is 7.49. The van der Waals surface area contributed by atoms with E-state index >= 15 is 0 Å². The molecule has 0 aromatic heterocycles. The summed E-state index contributed by atoms with van der Waals surface area (Å²) in [5.41, 5.74) is 0. The summed E-state index contributed by atoms with van der Waals surface area (Å²) < 4.78 is 6.46. The quantitative estimate of drug-likeness (QED) is 0.684. The van der Waals surface area contributed by atoms with E-state index in [1.807, 2.05) is 26.0 Å². The second-order valence-corrected chi connectivity index (χ2v) is 6.10. The standard InChI is InChI=1S/C15H21IN2O3/c1-4-10(2)17-15(20)11(3)18-14(19)9-21-13-7-5-12(16)6-8-13/h5-8,10-11H,4,9H2,1-3H3,(H,17,20)(H,18,19). The van der Waals surface area contributed by atoms with Crippen LogP contribution in [0.5, 0.6) is 5.75 Å². The molecule has 1 rings (SSSR count). The van der Waals surface area contributed by atoms with Crippen LogP contribution in [0, 0.1) is 3.57 Å². The number of hydrogen-bond acceptors (Lipinski definition) is 3. The van der Waals surface area contributed by atoms with Gasteiger partial charge >= 0.3 is 0 Å². The number of carbonyl (C=O) groups excluding carboxylic acids is 2. The highest BCUT2D eigenvalue weighted by atomic mass is 127. The van der Waals surface area contributed by atoms with Gasteiger partial charge in [-0.15, -0.1) is 0 Å². The Balaban J connectivity index is 2.35. The first-order valence-corrected chi connectivity index (χ1v) is 7.98. The summed E-state index contributed by atoms with van der Waals surface area (Å²) in [6.07, 6.45) is 0.850. The molecule has 1 aromatic carbocycles. The molecule has 21 heavy (non-hydrogen) atoms. The minimum absolute atomic E-state index is 0.0971. The number of hydrogen-bond donors (Lipinski definition) is 2. The van der Waals surface area contributed by atoms with Crippen molar-refractivity contribution in [1.82, 2.24) is 10.6 Å². The lowest BCUT2D eigenvalue weighted by molar-refractivity contribution is -0.129. The first-order valence-electron chi connectivity index (χ1n) is 6.90. The van der Waals surface area contributed by atoms with Crippen molar-refractivity contribution in [2.24, 2.45) is 0 Å². The van der Waals surface area contributed by atoms with E-state index in [9.17, 15) is 9.59 Å². The lowest BCUT2D eigenvalue weighted by Gasteiger charge is -2.17. The summed E-state index contributed by atoms with van der Waals surface area (Å²) >= 11 is 2.19. The average molecular weight is 404 g/mol. The van der Waals surface area contributed by atoms with E-state index in [-0.39, 0.29) is 24.5 Å². The van der Waals surface area contributed by atoms with Gasteiger partial charge in [0.15, 0.2) is 6.61 Å². The number of nitrogens with one attached hydrogen (secondary N) is 2. The van der Waals surface area contributed by atoms with Gasteiger partial charge in [0.2, 0.25) is 5.91 Å². The molecule has 0 saturated heterocycles. The summed E-state index contributed by atoms with van der Waals surface area (Å²) in [5, 5.41) is 5.43. The zero-order valence-electron chi connectivity index (χ0n) is 12.5. The molecule has 0 heterocycles. The summed E-state index contributed by atoms with van der Waals surface area (Å²) in [5.74, 6) is 0.120. The van der Waals surface area contributed by atoms with Gasteiger partial charge in [0.1, 0.15) is 11.8 Å². The predicted molar refractivity (Wildman–Crippen MR) is 90.2 cm³/mol. The molecule has 2 atom stereocenters. The molecule has 0 fully saturated rings. The van der Waals surface area contributed by atoms with Crippen LogP contribution in [-0.4, -0.2) is 30.5 Å². The van der Waals surface area contributed by atoms with E-state index in [0.717, 1.165) is 9.99 Å². The zero-order chi connectivity index (χ0) is 15.8. The van der Waals surface area contributed by atoms with Gasteiger partial charge in [0, 0.05) is 9.61 Å². The first-order chi connectivity index (χ1) is 9.92. The smallest absolute Gasteiger partial charge is 0.258 e. The Morgan fingerprint density at radius 1 is 1.19 bits per heavy atom. The van der Waals surface area contributed by atoms with E-state index in [0.29, 0.717) is 5.75 Å². The summed E-state index contributed by atoms with van der Waals surface area (Å²) in [7, 11) is 0. The third kappa shape index (κ3) is 6.79. The molecule has 6 heteroatoms. The number of amides is 2. The number of ether oxygens (including phenoxy) is 1. The van der Waals surface area contributed by atoms with Crippen molar-refractivity contribution in [2.45, 2.75) is 39.3 Å². The molecule has 2 N–H and O–H groups in total. The Labute approximate surface area is 139 Å². The van der Waals surface area contributed by atoms with Crippen LogP contribution in [0.25, 0.3) is 0 Å². The maximum absolute atomic E-state index is 11.8. The molecule has 0 aliphatic rings. The Morgan fingerprint density at radius 2 is 1.81 bits per heavy atom. The fourth-order valence-electron chi connectivity index (χ4n) is 1.50. The van der Waals surface area contributed by atoms with Crippen LogP contribution >= 0.6 is 22.6 Å². The van der Waals surface area contributed by atoms with Crippen molar-refractivity contribution < 1.29 is 14.3 Å². The predicted octanol–water partition coefficient (Wildman–Crippen LogP) is 2.09. The lowest BCUT2D eigenvalue weighted by Crippen LogP contribution is -2.48. The number of rotatable bonds is 7. The summed E-state index contributed by atoms with van der Waals surface area (Å²) in [6.45, 7) is 5.46. The van der Waals surface area contributed by atoms with Gasteiger partial charge in [-0.2, -0.15) is 0 Å². The zero-order valence-corrected chi connectivity index (χ0v) is 14.6. The SMILES string of the molecule is CCC(C)NC(=O)C(C)NC(=O)COc1ccc(I)cc1. The molecule has 0 spiro atoms. The van der Waals surface area contributed by atoms with E-state index in [1.54, 1.807) is 19.1 Å². The number of benzene rings is 1. The fraction of sp³-hybridized carbons (Fsp3) is 0.467. The molecular formula is C15H21IN2O3. The molecule has 2 amide bonds. The van der Waals surface area contributed by atoms with Crippen molar-refractivity contribution >= 4 is 34.4 Å². The van der Waals surface area contributed by atoms with Gasteiger partial charge in [-0.1, -0.05) is 6.92 Å². The Hall–Kier alpha value is -1.31. The van der Waals surface area contributed by atoms with Crippen molar-refractivity contribution in [1.29, 1.82) is 0 Å². The molecule has 1 aromatic rings. The van der Waals surface area contributed by atoms with Gasteiger partial charge in [-0.25, -0.2) is 0 Å². The Morgan fingerprint density at radius 3 is 2.38 bits per heavy atom. The van der Waals surface area contributed by atoms with Crippen LogP contribution in [0.3, 0.4) is 0 Å². The van der Waals surface area contributed by atoms with E-state index in [2.05, 4.69) is 33.2 Å². The Bertz CT molecular complexity index is 476. The van der Waals surface area contributed by atoms with Crippen molar-refractivity contribution in [2.75, 3.05) is 6.61 Å². The normalized spacial score (nSPS) is 13.1. The molecule has 0 aliphatic heterocycles. The molecule has 2 unspecified atom stereocenters. The van der Waals surface area contributed by atoms with Crippen LogP contribution in [0.4, 0.5) is 0 Å². The number of halogens is 1. The van der Waals surface area contributed by atoms with Crippen LogP contribution in [0.1, 0.15) is 27.2 Å². The first kappa shape index (κ1) is 17.7. The third-order valence-electron chi connectivity index (χ3n) is 2.96. The largest absolute Gasteiger partial charge is 0.484 e. The van der Waals surface area contributed by atoms with E-state index < -0.39 is 6.04 Å². The summed E-state index contributed by atoms with van der Waals surface area (Å²) in [4.78, 5) is 23.5. The highest BCUT2D eigenvalue weighted by molar-refractivity contribution is 14.1. The number of carbonyl (C=O) groups is 2. The maximum atomic E-state index is 11.8. The second-order valence-electron chi connectivity index (χ2n) is 4.85.